The maximum absolute atomic E-state index is 13.4. The minimum absolute atomic E-state index is 0.183. The minimum Gasteiger partial charge on any atom is -0.375 e. The normalized spacial score (nSPS) is 36.8. The molecule has 0 radical (unpaired) electrons. The highest BCUT2D eigenvalue weighted by atomic mass is 19.4. The molecule has 0 N–H and O–H groups in total. The first-order valence-corrected chi connectivity index (χ1v) is 10.3. The van der Waals surface area contributed by atoms with Crippen molar-refractivity contribution in [2.45, 2.75) is 56.6 Å². The van der Waals surface area contributed by atoms with E-state index in [4.69, 9.17) is 14.7 Å². The third-order valence-corrected chi connectivity index (χ3v) is 7.18. The standard InChI is InChI=1S/C22H21F3N2O4/c1-20-8-15(30-10-11-3-4-11)21(2,31-20)17-16(20)18(28)27(19(17)29)13-6-5-12(9-26)14(7-13)22(23,24)25/h5-7,11,15-17H,3-4,8,10H2,1-2H3/t15-,16-,17+,20?,21?/m1/s1. The van der Waals surface area contributed by atoms with E-state index in [-0.39, 0.29) is 11.8 Å². The average Bonchev–Trinajstić information content (AvgIpc) is 3.36. The molecule has 5 rings (SSSR count). The van der Waals surface area contributed by atoms with E-state index in [2.05, 4.69) is 0 Å². The number of hydrogen-bond acceptors (Lipinski definition) is 5. The van der Waals surface area contributed by atoms with Gasteiger partial charge in [-0.15, -0.1) is 0 Å². The van der Waals surface area contributed by atoms with Crippen LogP contribution < -0.4 is 4.90 Å². The van der Waals surface area contributed by atoms with Gasteiger partial charge in [0.25, 0.3) is 0 Å². The van der Waals surface area contributed by atoms with Crippen molar-refractivity contribution in [2.75, 3.05) is 11.5 Å². The van der Waals surface area contributed by atoms with E-state index in [0.29, 0.717) is 25.0 Å². The quantitative estimate of drug-likeness (QED) is 0.679. The van der Waals surface area contributed by atoms with Gasteiger partial charge >= 0.3 is 6.18 Å². The molecule has 1 aromatic carbocycles. The van der Waals surface area contributed by atoms with Gasteiger partial charge in [-0.3, -0.25) is 9.59 Å². The Bertz CT molecular complexity index is 1030. The van der Waals surface area contributed by atoms with E-state index in [1.54, 1.807) is 13.8 Å². The molecule has 1 aliphatic carbocycles. The van der Waals surface area contributed by atoms with Gasteiger partial charge in [-0.2, -0.15) is 18.4 Å². The van der Waals surface area contributed by atoms with Crippen molar-refractivity contribution < 1.29 is 32.2 Å². The van der Waals surface area contributed by atoms with Crippen molar-refractivity contribution in [3.05, 3.63) is 29.3 Å². The Hall–Kier alpha value is -2.44. The Labute approximate surface area is 176 Å². The summed E-state index contributed by atoms with van der Waals surface area (Å²) in [5, 5.41) is 9.01. The highest BCUT2D eigenvalue weighted by molar-refractivity contribution is 6.23. The number of amides is 2. The number of nitriles is 1. The topological polar surface area (TPSA) is 79.6 Å². The van der Waals surface area contributed by atoms with Crippen molar-refractivity contribution in [1.29, 1.82) is 5.26 Å². The number of imide groups is 1. The molecule has 1 saturated carbocycles. The molecule has 3 saturated heterocycles. The molecule has 2 bridgehead atoms. The molecule has 9 heteroatoms. The molecule has 0 aromatic heterocycles. The number of hydrogen-bond donors (Lipinski definition) is 0. The number of ether oxygens (including phenoxy) is 2. The smallest absolute Gasteiger partial charge is 0.375 e. The predicted octanol–water partition coefficient (Wildman–Crippen LogP) is 3.43. The molecule has 1 aromatic rings. The molecule has 0 spiro atoms. The highest BCUT2D eigenvalue weighted by Gasteiger charge is 2.76. The summed E-state index contributed by atoms with van der Waals surface area (Å²) in [6, 6.07) is 4.40. The van der Waals surface area contributed by atoms with Crippen LogP contribution in [0.1, 0.15) is 44.2 Å². The van der Waals surface area contributed by atoms with Crippen LogP contribution in [0.4, 0.5) is 18.9 Å². The zero-order valence-electron chi connectivity index (χ0n) is 17.0. The molecule has 2 unspecified atom stereocenters. The van der Waals surface area contributed by atoms with Crippen LogP contribution in [0.5, 0.6) is 0 Å². The Morgan fingerprint density at radius 2 is 1.90 bits per heavy atom. The van der Waals surface area contributed by atoms with Crippen LogP contribution in [-0.2, 0) is 25.2 Å². The number of nitrogens with zero attached hydrogens (tertiary/aromatic N) is 2. The highest BCUT2D eigenvalue weighted by Crippen LogP contribution is 2.62. The predicted molar refractivity (Wildman–Crippen MR) is 101 cm³/mol. The van der Waals surface area contributed by atoms with Gasteiger partial charge in [0.15, 0.2) is 0 Å². The average molecular weight is 434 g/mol. The van der Waals surface area contributed by atoms with Crippen LogP contribution >= 0.6 is 0 Å². The lowest BCUT2D eigenvalue weighted by molar-refractivity contribution is -0.138. The van der Waals surface area contributed by atoms with E-state index in [0.717, 1.165) is 23.8 Å². The van der Waals surface area contributed by atoms with Crippen LogP contribution in [-0.4, -0.2) is 35.7 Å². The summed E-state index contributed by atoms with van der Waals surface area (Å²) in [6.07, 6.45) is -2.48. The van der Waals surface area contributed by atoms with Gasteiger partial charge < -0.3 is 9.47 Å². The number of anilines is 1. The molecular weight excluding hydrogens is 413 g/mol. The number of carbonyl (C=O) groups excluding carboxylic acids is 2. The fourth-order valence-corrected chi connectivity index (χ4v) is 5.52. The number of rotatable bonds is 4. The second-order valence-electron chi connectivity index (χ2n) is 9.37. The minimum atomic E-state index is -4.79. The summed E-state index contributed by atoms with van der Waals surface area (Å²) in [4.78, 5) is 27.5. The van der Waals surface area contributed by atoms with E-state index in [1.807, 2.05) is 0 Å². The Kier molecular flexibility index (Phi) is 4.16. The molecule has 31 heavy (non-hydrogen) atoms. The summed E-state index contributed by atoms with van der Waals surface area (Å²) >= 11 is 0. The van der Waals surface area contributed by atoms with Gasteiger partial charge in [0.05, 0.1) is 46.4 Å². The van der Waals surface area contributed by atoms with Crippen molar-refractivity contribution in [2.24, 2.45) is 17.8 Å². The third kappa shape index (κ3) is 2.84. The Balaban J connectivity index is 1.50. The number of halogens is 3. The maximum atomic E-state index is 13.4. The van der Waals surface area contributed by atoms with Crippen LogP contribution in [0.15, 0.2) is 18.2 Å². The fourth-order valence-electron chi connectivity index (χ4n) is 5.52. The van der Waals surface area contributed by atoms with E-state index < -0.39 is 52.2 Å². The van der Waals surface area contributed by atoms with Crippen molar-refractivity contribution in [1.82, 2.24) is 0 Å². The summed E-state index contributed by atoms with van der Waals surface area (Å²) in [5.74, 6) is -2.25. The number of benzene rings is 1. The molecule has 4 aliphatic rings. The monoisotopic (exact) mass is 434 g/mol. The largest absolute Gasteiger partial charge is 0.417 e. The lowest BCUT2D eigenvalue weighted by Crippen LogP contribution is -2.50. The lowest BCUT2D eigenvalue weighted by atomic mass is 9.67. The molecule has 3 heterocycles. The molecule has 5 atom stereocenters. The van der Waals surface area contributed by atoms with Gasteiger partial charge in [0.2, 0.25) is 11.8 Å². The van der Waals surface area contributed by atoms with E-state index in [9.17, 15) is 22.8 Å². The number of fused-ring (bicyclic) bond motifs is 5. The summed E-state index contributed by atoms with van der Waals surface area (Å²) in [7, 11) is 0. The SMILES string of the molecule is CC12C[C@@H](OCC3CC3)C(C)(O1)[C@@H]1C(=O)N(c3ccc(C#N)c(C(F)(F)F)c3)C(=O)[C@@H]12. The van der Waals surface area contributed by atoms with Gasteiger partial charge in [-0.25, -0.2) is 4.90 Å². The number of carbonyl (C=O) groups is 2. The molecule has 4 fully saturated rings. The van der Waals surface area contributed by atoms with Gasteiger partial charge in [0.1, 0.15) is 5.60 Å². The summed E-state index contributed by atoms with van der Waals surface area (Å²) in [5.41, 5.74) is -3.86. The van der Waals surface area contributed by atoms with Crippen molar-refractivity contribution in [3.63, 3.8) is 0 Å². The Morgan fingerprint density at radius 1 is 1.23 bits per heavy atom. The van der Waals surface area contributed by atoms with Gasteiger partial charge in [-0.05, 0) is 50.8 Å². The van der Waals surface area contributed by atoms with Gasteiger partial charge in [0, 0.05) is 13.0 Å². The third-order valence-electron chi connectivity index (χ3n) is 7.18. The second kappa shape index (κ2) is 6.30. The molecule has 3 aliphatic heterocycles. The zero-order valence-corrected chi connectivity index (χ0v) is 17.0. The molecule has 164 valence electrons. The Morgan fingerprint density at radius 3 is 2.52 bits per heavy atom. The fraction of sp³-hybridized carbons (Fsp3) is 0.591. The van der Waals surface area contributed by atoms with Crippen molar-refractivity contribution >= 4 is 17.5 Å². The molecular formula is C22H21F3N2O4. The first kappa shape index (κ1) is 20.5. The zero-order chi connectivity index (χ0) is 22.3. The van der Waals surface area contributed by atoms with Crippen molar-refractivity contribution in [3.8, 4) is 6.07 Å². The summed E-state index contributed by atoms with van der Waals surface area (Å²) < 4.78 is 52.5. The lowest BCUT2D eigenvalue weighted by Gasteiger charge is -2.35. The van der Waals surface area contributed by atoms with Gasteiger partial charge in [-0.1, -0.05) is 0 Å². The van der Waals surface area contributed by atoms with E-state index in [1.165, 1.54) is 12.1 Å². The van der Waals surface area contributed by atoms with Crippen LogP contribution in [0.2, 0.25) is 0 Å². The summed E-state index contributed by atoms with van der Waals surface area (Å²) in [6.45, 7) is 4.10. The first-order chi connectivity index (χ1) is 14.5. The maximum Gasteiger partial charge on any atom is 0.417 e. The molecule has 2 amide bonds. The van der Waals surface area contributed by atoms with Crippen LogP contribution in [0, 0.1) is 29.1 Å². The molecule has 6 nitrogen and oxygen atoms in total. The first-order valence-electron chi connectivity index (χ1n) is 10.3. The van der Waals surface area contributed by atoms with Crippen LogP contribution in [0.25, 0.3) is 0 Å². The van der Waals surface area contributed by atoms with Crippen LogP contribution in [0.3, 0.4) is 0 Å². The second-order valence-corrected chi connectivity index (χ2v) is 9.37. The number of alkyl halides is 3. The van der Waals surface area contributed by atoms with E-state index >= 15 is 0 Å².